The predicted molar refractivity (Wildman–Crippen MR) is 126 cm³/mol. The van der Waals surface area contributed by atoms with Gasteiger partial charge in [-0.15, -0.1) is 0 Å². The van der Waals surface area contributed by atoms with Crippen molar-refractivity contribution in [1.82, 2.24) is 35.1 Å². The van der Waals surface area contributed by atoms with Crippen molar-refractivity contribution in [2.45, 2.75) is 0 Å². The minimum absolute atomic E-state index is 0.402. The highest BCUT2D eigenvalue weighted by molar-refractivity contribution is 5.97. The van der Waals surface area contributed by atoms with Gasteiger partial charge in [-0.25, -0.2) is 9.37 Å². The Morgan fingerprint density at radius 1 is 0.941 bits per heavy atom. The first-order chi connectivity index (χ1) is 16.6. The molecule has 0 aliphatic heterocycles. The molecule has 10 heteroatoms. The number of nitrogens with two attached hydrogens (primary N) is 1. The topological polar surface area (TPSA) is 131 Å². The maximum atomic E-state index is 14.1. The summed E-state index contributed by atoms with van der Waals surface area (Å²) in [6.07, 6.45) is 6.64. The van der Waals surface area contributed by atoms with Crippen molar-refractivity contribution in [3.8, 4) is 39.8 Å². The second-order valence-corrected chi connectivity index (χ2v) is 7.72. The van der Waals surface area contributed by atoms with Crippen molar-refractivity contribution in [3.63, 3.8) is 0 Å². The number of fused-ring (bicyclic) bond motifs is 2. The van der Waals surface area contributed by atoms with Crippen molar-refractivity contribution in [2.75, 3.05) is 12.8 Å². The number of hydrogen-bond acceptors (Lipinski definition) is 7. The average Bonchev–Trinajstić information content (AvgIpc) is 3.47. The largest absolute Gasteiger partial charge is 0.497 e. The van der Waals surface area contributed by atoms with E-state index in [1.165, 1.54) is 19.2 Å². The Morgan fingerprint density at radius 2 is 1.85 bits per heavy atom. The SMILES string of the molecule is COc1cc(F)cc(-c2nccc3[nH]c(-c4n[nH]c5cnc(-c6cncc(N)c6)cc45)nc23)c1. The molecule has 0 bridgehead atoms. The van der Waals surface area contributed by atoms with E-state index in [9.17, 15) is 4.39 Å². The highest BCUT2D eigenvalue weighted by Gasteiger charge is 2.17. The molecule has 5 aromatic heterocycles. The van der Waals surface area contributed by atoms with Crippen LogP contribution in [0.25, 0.3) is 56.0 Å². The van der Waals surface area contributed by atoms with Gasteiger partial charge < -0.3 is 15.5 Å². The van der Waals surface area contributed by atoms with Crippen molar-refractivity contribution < 1.29 is 9.13 Å². The van der Waals surface area contributed by atoms with E-state index < -0.39 is 5.82 Å². The zero-order valence-electron chi connectivity index (χ0n) is 17.9. The lowest BCUT2D eigenvalue weighted by Crippen LogP contribution is -1.90. The second kappa shape index (κ2) is 7.62. The average molecular weight is 452 g/mol. The van der Waals surface area contributed by atoms with E-state index in [-0.39, 0.29) is 0 Å². The monoisotopic (exact) mass is 452 g/mol. The van der Waals surface area contributed by atoms with Gasteiger partial charge in [0.15, 0.2) is 5.82 Å². The zero-order valence-corrected chi connectivity index (χ0v) is 17.9. The normalized spacial score (nSPS) is 11.4. The number of benzene rings is 1. The van der Waals surface area contributed by atoms with E-state index in [2.05, 4.69) is 30.1 Å². The van der Waals surface area contributed by atoms with E-state index >= 15 is 0 Å². The number of nitrogens with one attached hydrogen (secondary N) is 2. The van der Waals surface area contributed by atoms with Crippen LogP contribution in [0.2, 0.25) is 0 Å². The number of methoxy groups -OCH3 is 1. The number of rotatable bonds is 4. The molecule has 1 aromatic carbocycles. The number of hydrogen-bond donors (Lipinski definition) is 3. The Morgan fingerprint density at radius 3 is 2.71 bits per heavy atom. The summed E-state index contributed by atoms with van der Waals surface area (Å²) in [4.78, 5) is 21.2. The van der Waals surface area contributed by atoms with Crippen molar-refractivity contribution in [1.29, 1.82) is 0 Å². The van der Waals surface area contributed by atoms with Crippen molar-refractivity contribution in [3.05, 3.63) is 67.0 Å². The quantitative estimate of drug-likeness (QED) is 0.362. The number of pyridine rings is 3. The summed E-state index contributed by atoms with van der Waals surface area (Å²) in [5.74, 6) is 0.527. The molecule has 0 atom stereocenters. The van der Waals surface area contributed by atoms with Crippen LogP contribution in [0.5, 0.6) is 5.75 Å². The predicted octanol–water partition coefficient (Wildman–Crippen LogP) is 4.36. The van der Waals surface area contributed by atoms with Crippen LogP contribution >= 0.6 is 0 Å². The molecule has 0 radical (unpaired) electrons. The van der Waals surface area contributed by atoms with Gasteiger partial charge in [0.25, 0.3) is 0 Å². The fraction of sp³-hybridized carbons (Fsp3) is 0.0417. The maximum Gasteiger partial charge on any atom is 0.159 e. The number of ether oxygens (including phenoxy) is 1. The van der Waals surface area contributed by atoms with Gasteiger partial charge >= 0.3 is 0 Å². The number of halogens is 1. The molecule has 0 amide bonds. The molecule has 0 saturated carbocycles. The lowest BCUT2D eigenvalue weighted by atomic mass is 10.1. The molecule has 5 heterocycles. The first-order valence-electron chi connectivity index (χ1n) is 10.3. The Bertz CT molecular complexity index is 1690. The van der Waals surface area contributed by atoms with E-state index in [0.29, 0.717) is 45.4 Å². The van der Waals surface area contributed by atoms with Crippen LogP contribution in [0.15, 0.2) is 61.2 Å². The standard InChI is InChI=1S/C24H17FN8O/c1-34-16-6-12(4-14(25)7-16)21-23-18(2-3-28-21)30-24(31-23)22-17-8-19(29-11-20(17)32-33-22)13-5-15(26)10-27-9-13/h2-11H,26H2,1H3,(H,30,31)(H,32,33). The van der Waals surface area contributed by atoms with E-state index in [4.69, 9.17) is 15.5 Å². The number of H-pyrrole nitrogens is 2. The lowest BCUT2D eigenvalue weighted by Gasteiger charge is -2.05. The Labute approximate surface area is 191 Å². The molecule has 0 unspecified atom stereocenters. The van der Waals surface area contributed by atoms with Gasteiger partial charge in [0, 0.05) is 41.2 Å². The van der Waals surface area contributed by atoms with Crippen LogP contribution in [0.3, 0.4) is 0 Å². The molecule has 0 fully saturated rings. The van der Waals surface area contributed by atoms with Gasteiger partial charge in [0.05, 0.1) is 41.4 Å². The number of nitrogen functional groups attached to an aromatic ring is 1. The fourth-order valence-electron chi connectivity index (χ4n) is 3.93. The Hall–Kier alpha value is -4.86. The summed E-state index contributed by atoms with van der Waals surface area (Å²) in [6, 6.07) is 9.98. The minimum Gasteiger partial charge on any atom is -0.497 e. The number of aromatic amines is 2. The highest BCUT2D eigenvalue weighted by Crippen LogP contribution is 2.33. The molecule has 9 nitrogen and oxygen atoms in total. The minimum atomic E-state index is -0.418. The summed E-state index contributed by atoms with van der Waals surface area (Å²) in [5, 5.41) is 8.28. The molecule has 0 aliphatic rings. The van der Waals surface area contributed by atoms with Crippen LogP contribution in [-0.4, -0.2) is 42.2 Å². The molecule has 166 valence electrons. The molecule has 0 spiro atoms. The van der Waals surface area contributed by atoms with Crippen molar-refractivity contribution in [2.24, 2.45) is 0 Å². The summed E-state index contributed by atoms with van der Waals surface area (Å²) in [7, 11) is 1.49. The van der Waals surface area contributed by atoms with Crippen LogP contribution in [0, 0.1) is 5.82 Å². The summed E-state index contributed by atoms with van der Waals surface area (Å²) < 4.78 is 19.3. The first kappa shape index (κ1) is 19.8. The third kappa shape index (κ3) is 3.28. The molecular weight excluding hydrogens is 435 g/mol. The number of aromatic nitrogens is 7. The van der Waals surface area contributed by atoms with Gasteiger partial charge in [-0.1, -0.05) is 0 Å². The van der Waals surface area contributed by atoms with Gasteiger partial charge in [-0.05, 0) is 30.3 Å². The van der Waals surface area contributed by atoms with Gasteiger partial charge in [0.2, 0.25) is 0 Å². The molecule has 0 aliphatic carbocycles. The molecule has 0 saturated heterocycles. The van der Waals surface area contributed by atoms with E-state index in [1.54, 1.807) is 30.9 Å². The molecule has 4 N–H and O–H groups in total. The highest BCUT2D eigenvalue weighted by atomic mass is 19.1. The summed E-state index contributed by atoms with van der Waals surface area (Å²) >= 11 is 0. The van der Waals surface area contributed by atoms with Gasteiger partial charge in [0.1, 0.15) is 22.8 Å². The van der Waals surface area contributed by atoms with E-state index in [0.717, 1.165) is 22.0 Å². The molecule has 6 aromatic rings. The van der Waals surface area contributed by atoms with E-state index in [1.807, 2.05) is 18.2 Å². The number of anilines is 1. The summed E-state index contributed by atoms with van der Waals surface area (Å²) in [6.45, 7) is 0. The van der Waals surface area contributed by atoms with Crippen LogP contribution < -0.4 is 10.5 Å². The number of nitrogens with zero attached hydrogens (tertiary/aromatic N) is 5. The van der Waals surface area contributed by atoms with Gasteiger partial charge in [-0.2, -0.15) is 5.10 Å². The van der Waals surface area contributed by atoms with Gasteiger partial charge in [-0.3, -0.25) is 20.1 Å². The fourth-order valence-corrected chi connectivity index (χ4v) is 3.93. The Kier molecular flexibility index (Phi) is 4.44. The first-order valence-corrected chi connectivity index (χ1v) is 10.3. The Balaban J connectivity index is 1.50. The summed E-state index contributed by atoms with van der Waals surface area (Å²) in [5.41, 5.74) is 11.7. The number of imidazole rings is 1. The molecule has 6 rings (SSSR count). The van der Waals surface area contributed by atoms with Crippen LogP contribution in [0.1, 0.15) is 0 Å². The third-order valence-corrected chi connectivity index (χ3v) is 5.51. The lowest BCUT2D eigenvalue weighted by molar-refractivity contribution is 0.411. The van der Waals surface area contributed by atoms with Crippen LogP contribution in [0.4, 0.5) is 10.1 Å². The second-order valence-electron chi connectivity index (χ2n) is 7.72. The smallest absolute Gasteiger partial charge is 0.159 e. The molecular formula is C24H17FN8O. The third-order valence-electron chi connectivity index (χ3n) is 5.51. The van der Waals surface area contributed by atoms with Crippen LogP contribution in [-0.2, 0) is 0 Å². The zero-order chi connectivity index (χ0) is 23.2. The molecule has 34 heavy (non-hydrogen) atoms. The van der Waals surface area contributed by atoms with Crippen molar-refractivity contribution >= 4 is 27.6 Å². The maximum absolute atomic E-state index is 14.1.